The number of carbonyl (C=O) groups excluding carboxylic acids is 1. The van der Waals surface area contributed by atoms with Crippen LogP contribution in [0.3, 0.4) is 0 Å². The van der Waals surface area contributed by atoms with Gasteiger partial charge in [0.15, 0.2) is 5.71 Å². The summed E-state index contributed by atoms with van der Waals surface area (Å²) in [5, 5.41) is 8.03. The Kier molecular flexibility index (Phi) is 4.10. The van der Waals surface area contributed by atoms with E-state index >= 15 is 0 Å². The topological polar surface area (TPSA) is 45.0 Å². The van der Waals surface area contributed by atoms with Crippen molar-refractivity contribution in [2.75, 3.05) is 11.4 Å². The van der Waals surface area contributed by atoms with Gasteiger partial charge in [0.1, 0.15) is 5.82 Å². The Balaban J connectivity index is 1.91. The molecule has 2 aromatic carbocycles. The van der Waals surface area contributed by atoms with Gasteiger partial charge >= 0.3 is 0 Å². The average molecular weight is 307 g/mol. The van der Waals surface area contributed by atoms with Crippen LogP contribution in [0, 0.1) is 5.82 Å². The van der Waals surface area contributed by atoms with E-state index in [1.807, 2.05) is 24.3 Å². The first-order chi connectivity index (χ1) is 11.2. The van der Waals surface area contributed by atoms with Crippen LogP contribution in [0.2, 0.25) is 0 Å². The van der Waals surface area contributed by atoms with Crippen LogP contribution >= 0.6 is 0 Å². The fraction of sp³-hybridized carbons (Fsp3) is 0.0556. The molecule has 0 saturated heterocycles. The first-order valence-electron chi connectivity index (χ1n) is 7.09. The molecule has 1 aliphatic rings. The highest BCUT2D eigenvalue weighted by Crippen LogP contribution is 2.28. The zero-order chi connectivity index (χ0) is 16.2. The van der Waals surface area contributed by atoms with Crippen LogP contribution in [0.25, 0.3) is 0 Å². The van der Waals surface area contributed by atoms with Crippen LogP contribution in [0.5, 0.6) is 0 Å². The van der Waals surface area contributed by atoms with Crippen LogP contribution in [-0.2, 0) is 4.79 Å². The number of carbonyl (C=O) groups is 1. The number of benzene rings is 2. The first-order valence-corrected chi connectivity index (χ1v) is 7.09. The van der Waals surface area contributed by atoms with Gasteiger partial charge < -0.3 is 4.90 Å². The molecule has 0 aliphatic carbocycles. The van der Waals surface area contributed by atoms with Crippen LogP contribution in [-0.4, -0.2) is 24.4 Å². The normalized spacial score (nSPS) is 15.4. The van der Waals surface area contributed by atoms with E-state index in [4.69, 9.17) is 0 Å². The summed E-state index contributed by atoms with van der Waals surface area (Å²) in [4.78, 5) is 14.1. The van der Waals surface area contributed by atoms with E-state index in [0.29, 0.717) is 17.8 Å². The smallest absolute Gasteiger partial charge is 0.279 e. The molecule has 114 valence electrons. The van der Waals surface area contributed by atoms with Gasteiger partial charge in [0.25, 0.3) is 5.91 Å². The van der Waals surface area contributed by atoms with Crippen molar-refractivity contribution in [2.24, 2.45) is 10.2 Å². The Hall–Kier alpha value is -3.08. The molecule has 0 spiro atoms. The van der Waals surface area contributed by atoms with Gasteiger partial charge in [-0.2, -0.15) is 5.10 Å². The Morgan fingerprint density at radius 3 is 2.61 bits per heavy atom. The number of fused-ring (bicyclic) bond motifs is 1. The van der Waals surface area contributed by atoms with Crippen molar-refractivity contribution in [3.8, 4) is 0 Å². The number of hydrogen-bond donors (Lipinski definition) is 0. The highest BCUT2D eigenvalue weighted by molar-refractivity contribution is 6.54. The van der Waals surface area contributed by atoms with Crippen LogP contribution < -0.4 is 4.90 Å². The molecule has 0 radical (unpaired) electrons. The average Bonchev–Trinajstić information content (AvgIpc) is 2.83. The van der Waals surface area contributed by atoms with Gasteiger partial charge in [0.2, 0.25) is 0 Å². The predicted octanol–water partition coefficient (Wildman–Crippen LogP) is 3.18. The molecule has 23 heavy (non-hydrogen) atoms. The molecule has 3 rings (SSSR count). The lowest BCUT2D eigenvalue weighted by Gasteiger charge is -2.13. The van der Waals surface area contributed by atoms with Crippen molar-refractivity contribution < 1.29 is 9.18 Å². The van der Waals surface area contributed by atoms with Crippen molar-refractivity contribution in [3.63, 3.8) is 0 Å². The second-order valence-corrected chi connectivity index (χ2v) is 4.97. The molecule has 0 N–H and O–H groups in total. The zero-order valence-corrected chi connectivity index (χ0v) is 12.3. The largest absolute Gasteiger partial charge is 0.302 e. The third-order valence-electron chi connectivity index (χ3n) is 3.44. The van der Waals surface area contributed by atoms with Gasteiger partial charge in [-0.1, -0.05) is 36.4 Å². The maximum Gasteiger partial charge on any atom is 0.279 e. The number of amides is 1. The van der Waals surface area contributed by atoms with Crippen molar-refractivity contribution in [3.05, 3.63) is 78.1 Å². The molecular formula is C18H14FN3O. The first kappa shape index (κ1) is 14.8. The lowest BCUT2D eigenvalue weighted by Crippen LogP contribution is -2.30. The van der Waals surface area contributed by atoms with E-state index in [2.05, 4.69) is 16.8 Å². The highest BCUT2D eigenvalue weighted by Gasteiger charge is 2.32. The van der Waals surface area contributed by atoms with Crippen molar-refractivity contribution >= 4 is 23.5 Å². The number of halogens is 1. The van der Waals surface area contributed by atoms with E-state index in [1.165, 1.54) is 18.3 Å². The quantitative estimate of drug-likeness (QED) is 0.486. The molecule has 1 amide bonds. The van der Waals surface area contributed by atoms with Crippen LogP contribution in [0.15, 0.2) is 71.4 Å². The molecule has 5 heteroatoms. The molecule has 1 aliphatic heterocycles. The van der Waals surface area contributed by atoms with Gasteiger partial charge in [-0.3, -0.25) is 4.79 Å². The predicted molar refractivity (Wildman–Crippen MR) is 89.5 cm³/mol. The number of para-hydroxylation sites is 1. The Labute approximate surface area is 133 Å². The standard InChI is InChI=1S/C18H14FN3O/c1-2-11-22-16-6-4-3-5-15(16)17(18(22)23)21-20-12-13-7-9-14(19)10-8-13/h2-10,12H,1,11H2/b20-12+,21-17+. The molecule has 2 aromatic rings. The number of rotatable bonds is 4. The third-order valence-corrected chi connectivity index (χ3v) is 3.44. The van der Waals surface area contributed by atoms with Crippen molar-refractivity contribution in [2.45, 2.75) is 0 Å². The molecule has 0 bridgehead atoms. The molecule has 0 unspecified atom stereocenters. The minimum atomic E-state index is -0.312. The van der Waals surface area contributed by atoms with Gasteiger partial charge in [0.05, 0.1) is 11.9 Å². The summed E-state index contributed by atoms with van der Waals surface area (Å²) in [6.07, 6.45) is 3.15. The maximum absolute atomic E-state index is 12.9. The summed E-state index contributed by atoms with van der Waals surface area (Å²) in [6, 6.07) is 13.3. The van der Waals surface area contributed by atoms with Crippen molar-refractivity contribution in [1.82, 2.24) is 0 Å². The van der Waals surface area contributed by atoms with E-state index in [-0.39, 0.29) is 11.7 Å². The summed E-state index contributed by atoms with van der Waals surface area (Å²) >= 11 is 0. The minimum Gasteiger partial charge on any atom is -0.302 e. The number of nitrogens with zero attached hydrogens (tertiary/aromatic N) is 3. The summed E-state index contributed by atoms with van der Waals surface area (Å²) in [6.45, 7) is 4.08. The summed E-state index contributed by atoms with van der Waals surface area (Å²) in [5.41, 5.74) is 2.54. The number of anilines is 1. The van der Waals surface area contributed by atoms with Crippen molar-refractivity contribution in [1.29, 1.82) is 0 Å². The van der Waals surface area contributed by atoms with Crippen LogP contribution in [0.4, 0.5) is 10.1 Å². The zero-order valence-electron chi connectivity index (χ0n) is 12.3. The SMILES string of the molecule is C=CCN1C(=O)/C(=N/N=C/c2ccc(F)cc2)c2ccccc21. The summed E-state index contributed by atoms with van der Waals surface area (Å²) in [7, 11) is 0. The second-order valence-electron chi connectivity index (χ2n) is 4.97. The lowest BCUT2D eigenvalue weighted by molar-refractivity contribution is -0.112. The fourth-order valence-electron chi connectivity index (χ4n) is 2.37. The monoisotopic (exact) mass is 307 g/mol. The molecule has 0 fully saturated rings. The molecule has 4 nitrogen and oxygen atoms in total. The molecule has 0 aromatic heterocycles. The fourth-order valence-corrected chi connectivity index (χ4v) is 2.37. The Morgan fingerprint density at radius 2 is 1.87 bits per heavy atom. The summed E-state index contributed by atoms with van der Waals surface area (Å²) < 4.78 is 12.9. The van der Waals surface area contributed by atoms with E-state index in [1.54, 1.807) is 23.1 Å². The lowest BCUT2D eigenvalue weighted by atomic mass is 10.1. The van der Waals surface area contributed by atoms with Crippen LogP contribution in [0.1, 0.15) is 11.1 Å². The maximum atomic E-state index is 12.9. The third kappa shape index (κ3) is 2.94. The van der Waals surface area contributed by atoms with Gasteiger partial charge in [0, 0.05) is 12.1 Å². The van der Waals surface area contributed by atoms with Gasteiger partial charge in [-0.15, -0.1) is 11.7 Å². The highest BCUT2D eigenvalue weighted by atomic mass is 19.1. The van der Waals surface area contributed by atoms with Gasteiger partial charge in [-0.25, -0.2) is 4.39 Å². The minimum absolute atomic E-state index is 0.206. The Bertz CT molecular complexity index is 809. The van der Waals surface area contributed by atoms with E-state index in [0.717, 1.165) is 11.3 Å². The molecule has 1 heterocycles. The van der Waals surface area contributed by atoms with Gasteiger partial charge in [-0.05, 0) is 23.8 Å². The number of hydrogen-bond acceptors (Lipinski definition) is 3. The van der Waals surface area contributed by atoms with E-state index in [9.17, 15) is 9.18 Å². The molecule has 0 saturated carbocycles. The van der Waals surface area contributed by atoms with E-state index < -0.39 is 0 Å². The Morgan fingerprint density at radius 1 is 1.13 bits per heavy atom. The second kappa shape index (κ2) is 6.36. The molecule has 0 atom stereocenters. The summed E-state index contributed by atoms with van der Waals surface area (Å²) in [5.74, 6) is -0.518. The molecular weight excluding hydrogens is 293 g/mol.